The van der Waals surface area contributed by atoms with Gasteiger partial charge in [0.05, 0.1) is 26.4 Å². The first-order chi connectivity index (χ1) is 15.2. The van der Waals surface area contributed by atoms with Crippen molar-refractivity contribution in [3.05, 3.63) is 78.4 Å². The molecular weight excluding hydrogens is 392 g/mol. The predicted octanol–water partition coefficient (Wildman–Crippen LogP) is 3.46. The fourth-order valence-electron chi connectivity index (χ4n) is 3.41. The van der Waals surface area contributed by atoms with E-state index in [1.807, 2.05) is 48.5 Å². The highest BCUT2D eigenvalue weighted by atomic mass is 16.5. The molecule has 1 saturated heterocycles. The van der Waals surface area contributed by atoms with E-state index in [-0.39, 0.29) is 11.9 Å². The first-order valence-electron chi connectivity index (χ1n) is 10.4. The summed E-state index contributed by atoms with van der Waals surface area (Å²) >= 11 is 0. The summed E-state index contributed by atoms with van der Waals surface area (Å²) in [5.74, 6) is 1.10. The van der Waals surface area contributed by atoms with Gasteiger partial charge in [-0.25, -0.2) is 0 Å². The van der Waals surface area contributed by atoms with E-state index in [0.717, 1.165) is 44.0 Å². The third-order valence-electron chi connectivity index (χ3n) is 5.03. The maximum absolute atomic E-state index is 12.7. The molecule has 1 fully saturated rings. The molecule has 6 nitrogen and oxygen atoms in total. The van der Waals surface area contributed by atoms with Crippen LogP contribution in [0.2, 0.25) is 0 Å². The molecule has 0 saturated carbocycles. The van der Waals surface area contributed by atoms with Crippen molar-refractivity contribution in [1.82, 2.24) is 10.2 Å². The number of methoxy groups -OCH3 is 1. The number of rotatable bonds is 10. The number of hydrogen-bond donors (Lipinski definition) is 1. The molecule has 1 aliphatic heterocycles. The Balaban J connectivity index is 1.67. The van der Waals surface area contributed by atoms with Crippen molar-refractivity contribution < 1.29 is 19.0 Å². The molecule has 1 heterocycles. The molecule has 1 amide bonds. The predicted molar refractivity (Wildman–Crippen MR) is 122 cm³/mol. The van der Waals surface area contributed by atoms with Gasteiger partial charge in [0.1, 0.15) is 6.61 Å². The third kappa shape index (κ3) is 6.98. The van der Waals surface area contributed by atoms with Gasteiger partial charge >= 0.3 is 0 Å². The molecule has 31 heavy (non-hydrogen) atoms. The van der Waals surface area contributed by atoms with Crippen LogP contribution in [0, 0.1) is 0 Å². The molecule has 1 atom stereocenters. The van der Waals surface area contributed by atoms with Crippen LogP contribution in [-0.2, 0) is 9.53 Å². The van der Waals surface area contributed by atoms with Crippen LogP contribution in [0.15, 0.2) is 67.3 Å². The van der Waals surface area contributed by atoms with Gasteiger partial charge in [-0.05, 0) is 29.3 Å². The minimum atomic E-state index is -0.145. The van der Waals surface area contributed by atoms with E-state index in [0.29, 0.717) is 18.1 Å². The van der Waals surface area contributed by atoms with Crippen molar-refractivity contribution >= 4 is 12.0 Å². The van der Waals surface area contributed by atoms with Gasteiger partial charge in [-0.15, -0.1) is 0 Å². The highest BCUT2D eigenvalue weighted by Gasteiger charge is 2.19. The monoisotopic (exact) mass is 422 g/mol. The molecule has 164 valence electrons. The largest absolute Gasteiger partial charge is 0.493 e. The van der Waals surface area contributed by atoms with Crippen LogP contribution in [0.4, 0.5) is 0 Å². The Bertz CT molecular complexity index is 876. The van der Waals surface area contributed by atoms with Gasteiger partial charge in [0, 0.05) is 25.7 Å². The molecule has 0 aliphatic carbocycles. The van der Waals surface area contributed by atoms with Crippen molar-refractivity contribution in [3.63, 3.8) is 0 Å². The molecule has 0 spiro atoms. The lowest BCUT2D eigenvalue weighted by Gasteiger charge is -2.31. The van der Waals surface area contributed by atoms with E-state index in [1.54, 1.807) is 25.3 Å². The number of ether oxygens (including phenoxy) is 3. The van der Waals surface area contributed by atoms with Gasteiger partial charge in [-0.1, -0.05) is 49.1 Å². The summed E-state index contributed by atoms with van der Waals surface area (Å²) in [7, 11) is 1.59. The molecule has 2 aromatic carbocycles. The number of nitrogens with one attached hydrogen (secondary N) is 1. The van der Waals surface area contributed by atoms with E-state index in [1.165, 1.54) is 0 Å². The third-order valence-corrected chi connectivity index (χ3v) is 5.03. The summed E-state index contributed by atoms with van der Waals surface area (Å²) in [4.78, 5) is 15.0. The summed E-state index contributed by atoms with van der Waals surface area (Å²) in [6, 6.07) is 15.5. The highest BCUT2D eigenvalue weighted by molar-refractivity contribution is 5.92. The van der Waals surface area contributed by atoms with Crippen molar-refractivity contribution in [2.75, 3.05) is 46.6 Å². The number of morpholine rings is 1. The van der Waals surface area contributed by atoms with Crippen LogP contribution in [0.25, 0.3) is 6.08 Å². The Morgan fingerprint density at radius 2 is 1.97 bits per heavy atom. The van der Waals surface area contributed by atoms with Gasteiger partial charge in [0.25, 0.3) is 0 Å². The van der Waals surface area contributed by atoms with E-state index in [9.17, 15) is 4.79 Å². The van der Waals surface area contributed by atoms with Gasteiger partial charge in [0.2, 0.25) is 5.91 Å². The average molecular weight is 423 g/mol. The number of carbonyl (C=O) groups excluding carboxylic acids is 1. The van der Waals surface area contributed by atoms with E-state index < -0.39 is 0 Å². The lowest BCUT2D eigenvalue weighted by molar-refractivity contribution is -0.117. The van der Waals surface area contributed by atoms with Crippen LogP contribution in [0.5, 0.6) is 11.5 Å². The molecule has 1 unspecified atom stereocenters. The Morgan fingerprint density at radius 1 is 1.19 bits per heavy atom. The lowest BCUT2D eigenvalue weighted by Crippen LogP contribution is -2.42. The zero-order valence-electron chi connectivity index (χ0n) is 18.0. The van der Waals surface area contributed by atoms with Crippen LogP contribution >= 0.6 is 0 Å². The number of hydrogen-bond acceptors (Lipinski definition) is 5. The van der Waals surface area contributed by atoms with Crippen LogP contribution in [-0.4, -0.2) is 57.4 Å². The summed E-state index contributed by atoms with van der Waals surface area (Å²) in [6.45, 7) is 7.99. The van der Waals surface area contributed by atoms with Crippen molar-refractivity contribution in [1.29, 1.82) is 0 Å². The Morgan fingerprint density at radius 3 is 2.68 bits per heavy atom. The maximum Gasteiger partial charge on any atom is 0.244 e. The molecular formula is C25H30N2O4. The van der Waals surface area contributed by atoms with Crippen LogP contribution in [0.1, 0.15) is 17.2 Å². The summed E-state index contributed by atoms with van der Waals surface area (Å²) in [5.41, 5.74) is 1.93. The topological polar surface area (TPSA) is 60.0 Å². The molecule has 0 radical (unpaired) electrons. The van der Waals surface area contributed by atoms with Gasteiger partial charge < -0.3 is 19.5 Å². The molecule has 3 rings (SSSR count). The number of amides is 1. The standard InChI is InChI=1S/C25H30N2O4/c1-3-15-31-23-11-9-20(18-24(23)29-2)10-12-25(28)26-22(21-7-5-4-6-8-21)19-27-13-16-30-17-14-27/h3-12,18,22H,1,13-17,19H2,2H3,(H,26,28)/b12-10+. The first-order valence-corrected chi connectivity index (χ1v) is 10.4. The summed E-state index contributed by atoms with van der Waals surface area (Å²) < 4.78 is 16.4. The summed E-state index contributed by atoms with van der Waals surface area (Å²) in [6.07, 6.45) is 5.00. The quantitative estimate of drug-likeness (QED) is 0.469. The molecule has 6 heteroatoms. The number of benzene rings is 2. The molecule has 1 N–H and O–H groups in total. The van der Waals surface area contributed by atoms with E-state index >= 15 is 0 Å². The number of nitrogens with zero attached hydrogens (tertiary/aromatic N) is 1. The second-order valence-corrected chi connectivity index (χ2v) is 7.23. The van der Waals surface area contributed by atoms with Crippen molar-refractivity contribution in [2.45, 2.75) is 6.04 Å². The minimum absolute atomic E-state index is 0.0966. The first kappa shape index (κ1) is 22.6. The Hall–Kier alpha value is -3.09. The smallest absolute Gasteiger partial charge is 0.244 e. The van der Waals surface area contributed by atoms with Gasteiger partial charge in [0.15, 0.2) is 11.5 Å². The molecule has 2 aromatic rings. The number of carbonyl (C=O) groups is 1. The Labute approximate surface area is 184 Å². The Kier molecular flexibility index (Phi) is 8.70. The minimum Gasteiger partial charge on any atom is -0.493 e. The fourth-order valence-corrected chi connectivity index (χ4v) is 3.41. The fraction of sp³-hybridized carbons (Fsp3) is 0.320. The second-order valence-electron chi connectivity index (χ2n) is 7.23. The van der Waals surface area contributed by atoms with E-state index in [2.05, 4.69) is 16.8 Å². The normalized spacial score (nSPS) is 15.4. The maximum atomic E-state index is 12.7. The average Bonchev–Trinajstić information content (AvgIpc) is 2.82. The van der Waals surface area contributed by atoms with Crippen molar-refractivity contribution in [2.24, 2.45) is 0 Å². The van der Waals surface area contributed by atoms with Gasteiger partial charge in [-0.3, -0.25) is 9.69 Å². The van der Waals surface area contributed by atoms with Crippen LogP contribution in [0.3, 0.4) is 0 Å². The van der Waals surface area contributed by atoms with E-state index in [4.69, 9.17) is 14.2 Å². The zero-order chi connectivity index (χ0) is 21.9. The second kappa shape index (κ2) is 11.9. The lowest BCUT2D eigenvalue weighted by atomic mass is 10.1. The SMILES string of the molecule is C=CCOc1ccc(/C=C/C(=O)NC(CN2CCOCC2)c2ccccc2)cc1OC. The molecule has 0 aromatic heterocycles. The zero-order valence-corrected chi connectivity index (χ0v) is 18.0. The van der Waals surface area contributed by atoms with Crippen LogP contribution < -0.4 is 14.8 Å². The summed E-state index contributed by atoms with van der Waals surface area (Å²) in [5, 5.41) is 3.14. The molecule has 1 aliphatic rings. The van der Waals surface area contributed by atoms with Gasteiger partial charge in [-0.2, -0.15) is 0 Å². The van der Waals surface area contributed by atoms with Crippen molar-refractivity contribution in [3.8, 4) is 11.5 Å². The molecule has 0 bridgehead atoms. The highest BCUT2D eigenvalue weighted by Crippen LogP contribution is 2.28.